The van der Waals surface area contributed by atoms with E-state index in [9.17, 15) is 12.8 Å². The standard InChI is InChI=1S/C20H19FN6O2S/c1-14-23-24-19-17-4-2-3-5-18(17)22-20(27(14)19)25-10-12-26(13-11-25)30(28,29)16-8-6-15(21)7-9-16/h2-9H,10-13H2,1H3. The molecular weight excluding hydrogens is 407 g/mol. The first-order valence-electron chi connectivity index (χ1n) is 9.56. The van der Waals surface area contributed by atoms with E-state index in [0.717, 1.165) is 34.5 Å². The molecule has 0 N–H and O–H groups in total. The number of nitrogens with zero attached hydrogens (tertiary/aromatic N) is 6. The van der Waals surface area contributed by atoms with Gasteiger partial charge in [-0.05, 0) is 43.3 Å². The minimum Gasteiger partial charge on any atom is -0.339 e. The van der Waals surface area contributed by atoms with Gasteiger partial charge in [0, 0.05) is 31.6 Å². The van der Waals surface area contributed by atoms with Crippen LogP contribution in [0.15, 0.2) is 53.4 Å². The van der Waals surface area contributed by atoms with Crippen LogP contribution < -0.4 is 4.90 Å². The smallest absolute Gasteiger partial charge is 0.243 e. The van der Waals surface area contributed by atoms with Gasteiger partial charge in [-0.25, -0.2) is 22.2 Å². The Morgan fingerprint density at radius 3 is 2.37 bits per heavy atom. The van der Waals surface area contributed by atoms with E-state index in [1.165, 1.54) is 16.4 Å². The minimum absolute atomic E-state index is 0.0956. The first-order chi connectivity index (χ1) is 14.4. The van der Waals surface area contributed by atoms with E-state index in [1.807, 2.05) is 40.5 Å². The van der Waals surface area contributed by atoms with Crippen LogP contribution in [0.3, 0.4) is 0 Å². The molecule has 0 amide bonds. The number of piperazine rings is 1. The van der Waals surface area contributed by atoms with Crippen molar-refractivity contribution < 1.29 is 12.8 Å². The van der Waals surface area contributed by atoms with Crippen molar-refractivity contribution in [3.63, 3.8) is 0 Å². The van der Waals surface area contributed by atoms with Gasteiger partial charge in [-0.1, -0.05) is 12.1 Å². The molecule has 1 aliphatic rings. The second-order valence-corrected chi connectivity index (χ2v) is 9.12. The van der Waals surface area contributed by atoms with Crippen molar-refractivity contribution in [2.45, 2.75) is 11.8 Å². The van der Waals surface area contributed by atoms with Crippen LogP contribution >= 0.6 is 0 Å². The highest BCUT2D eigenvalue weighted by molar-refractivity contribution is 7.89. The van der Waals surface area contributed by atoms with Crippen LogP contribution in [-0.4, -0.2) is 58.5 Å². The van der Waals surface area contributed by atoms with Crippen molar-refractivity contribution in [3.05, 3.63) is 60.2 Å². The predicted octanol–water partition coefficient (Wildman–Crippen LogP) is 2.24. The van der Waals surface area contributed by atoms with Crippen LogP contribution in [0.4, 0.5) is 10.3 Å². The zero-order valence-corrected chi connectivity index (χ0v) is 17.0. The van der Waals surface area contributed by atoms with Gasteiger partial charge >= 0.3 is 0 Å². The number of para-hydroxylation sites is 1. The Morgan fingerprint density at radius 2 is 1.63 bits per heavy atom. The largest absolute Gasteiger partial charge is 0.339 e. The molecule has 2 aromatic heterocycles. The second-order valence-electron chi connectivity index (χ2n) is 7.18. The molecule has 1 saturated heterocycles. The maximum absolute atomic E-state index is 13.2. The molecule has 30 heavy (non-hydrogen) atoms. The van der Waals surface area contributed by atoms with Crippen LogP contribution in [0, 0.1) is 12.7 Å². The fourth-order valence-corrected chi connectivity index (χ4v) is 5.21. The summed E-state index contributed by atoms with van der Waals surface area (Å²) < 4.78 is 42.3. The van der Waals surface area contributed by atoms with E-state index in [-0.39, 0.29) is 4.90 Å². The van der Waals surface area contributed by atoms with Crippen LogP contribution in [0.5, 0.6) is 0 Å². The lowest BCUT2D eigenvalue weighted by atomic mass is 10.2. The number of sulfonamides is 1. The maximum atomic E-state index is 13.2. The summed E-state index contributed by atoms with van der Waals surface area (Å²) in [5.74, 6) is 0.958. The molecule has 0 aliphatic carbocycles. The molecule has 5 rings (SSSR count). The summed E-state index contributed by atoms with van der Waals surface area (Å²) >= 11 is 0. The van der Waals surface area contributed by atoms with Crippen molar-refractivity contribution in [2.24, 2.45) is 0 Å². The fraction of sp³-hybridized carbons (Fsp3) is 0.250. The minimum atomic E-state index is -3.67. The number of aryl methyl sites for hydroxylation is 1. The SMILES string of the molecule is Cc1nnc2c3ccccc3nc(N3CCN(S(=O)(=O)c4ccc(F)cc4)CC3)n12. The quantitative estimate of drug-likeness (QED) is 0.500. The summed E-state index contributed by atoms with van der Waals surface area (Å²) in [6, 6.07) is 12.7. The lowest BCUT2D eigenvalue weighted by Crippen LogP contribution is -2.49. The summed E-state index contributed by atoms with van der Waals surface area (Å²) in [4.78, 5) is 6.96. The van der Waals surface area contributed by atoms with E-state index in [4.69, 9.17) is 4.98 Å². The van der Waals surface area contributed by atoms with Crippen LogP contribution in [-0.2, 0) is 10.0 Å². The van der Waals surface area contributed by atoms with Gasteiger partial charge in [-0.15, -0.1) is 10.2 Å². The molecule has 0 atom stereocenters. The summed E-state index contributed by atoms with van der Waals surface area (Å²) in [6.45, 7) is 3.42. The van der Waals surface area contributed by atoms with Gasteiger partial charge in [0.25, 0.3) is 0 Å². The van der Waals surface area contributed by atoms with Crippen molar-refractivity contribution in [1.82, 2.24) is 23.9 Å². The van der Waals surface area contributed by atoms with Gasteiger partial charge in [-0.3, -0.25) is 0 Å². The molecule has 4 aromatic rings. The molecule has 0 bridgehead atoms. The van der Waals surface area contributed by atoms with E-state index < -0.39 is 15.8 Å². The number of anilines is 1. The summed E-state index contributed by atoms with van der Waals surface area (Å²) in [6.07, 6.45) is 0. The molecule has 1 aliphatic heterocycles. The monoisotopic (exact) mass is 426 g/mol. The highest BCUT2D eigenvalue weighted by Gasteiger charge is 2.30. The zero-order valence-electron chi connectivity index (χ0n) is 16.2. The number of hydrogen-bond acceptors (Lipinski definition) is 6. The molecule has 10 heteroatoms. The number of rotatable bonds is 3. The molecule has 154 valence electrons. The Morgan fingerprint density at radius 1 is 0.933 bits per heavy atom. The molecule has 1 fully saturated rings. The first-order valence-corrected chi connectivity index (χ1v) is 11.0. The predicted molar refractivity (Wildman–Crippen MR) is 110 cm³/mol. The third kappa shape index (κ3) is 2.99. The van der Waals surface area contributed by atoms with Crippen molar-refractivity contribution in [2.75, 3.05) is 31.1 Å². The number of aromatic nitrogens is 4. The molecule has 2 aromatic carbocycles. The van der Waals surface area contributed by atoms with Crippen molar-refractivity contribution in [3.8, 4) is 0 Å². The van der Waals surface area contributed by atoms with Gasteiger partial charge in [0.1, 0.15) is 11.6 Å². The van der Waals surface area contributed by atoms with Crippen LogP contribution in [0.2, 0.25) is 0 Å². The number of halogens is 1. The summed E-state index contributed by atoms with van der Waals surface area (Å²) in [5, 5.41) is 9.44. The van der Waals surface area contributed by atoms with Gasteiger partial charge in [0.05, 0.1) is 10.4 Å². The Bertz CT molecular complexity index is 1350. The van der Waals surface area contributed by atoms with E-state index >= 15 is 0 Å². The lowest BCUT2D eigenvalue weighted by molar-refractivity contribution is 0.382. The van der Waals surface area contributed by atoms with E-state index in [0.29, 0.717) is 32.1 Å². The molecule has 0 spiro atoms. The summed E-state index contributed by atoms with van der Waals surface area (Å²) in [5.41, 5.74) is 1.54. The molecule has 8 nitrogen and oxygen atoms in total. The van der Waals surface area contributed by atoms with Gasteiger partial charge in [0.2, 0.25) is 16.0 Å². The lowest BCUT2D eigenvalue weighted by Gasteiger charge is -2.34. The number of fused-ring (bicyclic) bond motifs is 3. The average Bonchev–Trinajstić information content (AvgIpc) is 3.16. The van der Waals surface area contributed by atoms with Gasteiger partial charge in [-0.2, -0.15) is 4.31 Å². The topological polar surface area (TPSA) is 83.7 Å². The Hall–Kier alpha value is -3.11. The maximum Gasteiger partial charge on any atom is 0.243 e. The third-order valence-corrected chi connectivity index (χ3v) is 7.28. The fourth-order valence-electron chi connectivity index (χ4n) is 3.79. The molecular formula is C20H19FN6O2S. The third-order valence-electron chi connectivity index (χ3n) is 5.36. The Labute approximate surface area is 172 Å². The molecule has 3 heterocycles. The van der Waals surface area contributed by atoms with Gasteiger partial charge < -0.3 is 4.90 Å². The van der Waals surface area contributed by atoms with Crippen LogP contribution in [0.1, 0.15) is 5.82 Å². The highest BCUT2D eigenvalue weighted by Crippen LogP contribution is 2.26. The van der Waals surface area contributed by atoms with E-state index in [2.05, 4.69) is 10.2 Å². The number of hydrogen-bond donors (Lipinski definition) is 0. The van der Waals surface area contributed by atoms with Gasteiger partial charge in [0.15, 0.2) is 5.65 Å². The molecule has 0 unspecified atom stereocenters. The highest BCUT2D eigenvalue weighted by atomic mass is 32.2. The van der Waals surface area contributed by atoms with Crippen molar-refractivity contribution in [1.29, 1.82) is 0 Å². The summed E-state index contributed by atoms with van der Waals surface area (Å²) in [7, 11) is -3.67. The molecule has 0 radical (unpaired) electrons. The van der Waals surface area contributed by atoms with E-state index in [1.54, 1.807) is 0 Å². The normalized spacial score (nSPS) is 15.9. The average molecular weight is 426 g/mol. The first kappa shape index (κ1) is 18.9. The Balaban J connectivity index is 1.46. The van der Waals surface area contributed by atoms with Crippen molar-refractivity contribution >= 4 is 32.5 Å². The van der Waals surface area contributed by atoms with Crippen LogP contribution in [0.25, 0.3) is 16.6 Å². The Kier molecular flexibility index (Phi) is 4.40. The second kappa shape index (κ2) is 6.99. The molecule has 0 saturated carbocycles. The zero-order chi connectivity index (χ0) is 20.9. The number of benzene rings is 2.